The Morgan fingerprint density at radius 1 is 1.33 bits per heavy atom. The van der Waals surface area contributed by atoms with Crippen molar-refractivity contribution in [3.63, 3.8) is 0 Å². The standard InChI is InChI=1S/C17H22BrNO2/c1-17(2,3)13-7-9-19(10-8-13)16(20)12-5-6-15(21-4)14(18)11-12/h5-7,11H,8-10H2,1-4H3. The van der Waals surface area contributed by atoms with E-state index in [1.165, 1.54) is 5.57 Å². The van der Waals surface area contributed by atoms with Crippen LogP contribution in [0, 0.1) is 5.41 Å². The molecule has 0 unspecified atom stereocenters. The lowest BCUT2D eigenvalue weighted by Gasteiger charge is -2.32. The Hall–Kier alpha value is -1.29. The molecule has 0 aromatic heterocycles. The van der Waals surface area contributed by atoms with Crippen molar-refractivity contribution in [2.24, 2.45) is 5.41 Å². The average Bonchev–Trinajstić information content (AvgIpc) is 2.45. The summed E-state index contributed by atoms with van der Waals surface area (Å²) in [5, 5.41) is 0. The molecule has 4 heteroatoms. The predicted octanol–water partition coefficient (Wildman–Crippen LogP) is 4.28. The summed E-state index contributed by atoms with van der Waals surface area (Å²) in [5.74, 6) is 0.808. The van der Waals surface area contributed by atoms with Crippen LogP contribution < -0.4 is 4.74 Å². The van der Waals surface area contributed by atoms with Crippen molar-refractivity contribution in [3.05, 3.63) is 39.9 Å². The molecule has 1 heterocycles. The Labute approximate surface area is 135 Å². The van der Waals surface area contributed by atoms with Crippen molar-refractivity contribution in [1.29, 1.82) is 0 Å². The lowest BCUT2D eigenvalue weighted by molar-refractivity contribution is 0.0765. The van der Waals surface area contributed by atoms with E-state index in [0.29, 0.717) is 12.1 Å². The number of carbonyl (C=O) groups excluding carboxylic acids is 1. The van der Waals surface area contributed by atoms with Crippen LogP contribution in [0.5, 0.6) is 5.75 Å². The molecular weight excluding hydrogens is 330 g/mol. The molecule has 0 spiro atoms. The average molecular weight is 352 g/mol. The van der Waals surface area contributed by atoms with Gasteiger partial charge in [-0.25, -0.2) is 0 Å². The Morgan fingerprint density at radius 2 is 2.05 bits per heavy atom. The van der Waals surface area contributed by atoms with Crippen molar-refractivity contribution in [1.82, 2.24) is 4.90 Å². The largest absolute Gasteiger partial charge is 0.496 e. The summed E-state index contributed by atoms with van der Waals surface area (Å²) in [7, 11) is 1.62. The lowest BCUT2D eigenvalue weighted by Crippen LogP contribution is -2.36. The normalized spacial score (nSPS) is 15.7. The Kier molecular flexibility index (Phi) is 4.77. The van der Waals surface area contributed by atoms with Crippen LogP contribution in [-0.4, -0.2) is 31.0 Å². The molecule has 114 valence electrons. The molecule has 1 amide bonds. The van der Waals surface area contributed by atoms with Crippen molar-refractivity contribution in [2.45, 2.75) is 27.2 Å². The SMILES string of the molecule is COc1ccc(C(=O)N2CC=C(C(C)(C)C)CC2)cc1Br. The molecule has 0 saturated heterocycles. The fourth-order valence-corrected chi connectivity index (χ4v) is 3.06. The summed E-state index contributed by atoms with van der Waals surface area (Å²) >= 11 is 3.43. The predicted molar refractivity (Wildman–Crippen MR) is 88.8 cm³/mol. The van der Waals surface area contributed by atoms with Gasteiger partial charge in [0.25, 0.3) is 5.91 Å². The zero-order valence-corrected chi connectivity index (χ0v) is 14.7. The Morgan fingerprint density at radius 3 is 2.52 bits per heavy atom. The Balaban J connectivity index is 2.12. The molecule has 1 aliphatic heterocycles. The van der Waals surface area contributed by atoms with Crippen molar-refractivity contribution < 1.29 is 9.53 Å². The first kappa shape index (κ1) is 16.1. The molecule has 1 aromatic rings. The monoisotopic (exact) mass is 351 g/mol. The first-order valence-corrected chi connectivity index (χ1v) is 7.94. The minimum Gasteiger partial charge on any atom is -0.496 e. The minimum absolute atomic E-state index is 0.0718. The van der Waals surface area contributed by atoms with Crippen LogP contribution in [0.4, 0.5) is 0 Å². The second-order valence-corrected chi connectivity index (χ2v) is 7.18. The maximum Gasteiger partial charge on any atom is 0.254 e. The number of halogens is 1. The molecule has 0 saturated carbocycles. The first-order chi connectivity index (χ1) is 9.82. The van der Waals surface area contributed by atoms with Crippen LogP contribution >= 0.6 is 15.9 Å². The van der Waals surface area contributed by atoms with E-state index in [2.05, 4.69) is 42.8 Å². The smallest absolute Gasteiger partial charge is 0.254 e. The molecule has 0 N–H and O–H groups in total. The highest BCUT2D eigenvalue weighted by atomic mass is 79.9. The number of carbonyl (C=O) groups is 1. The van der Waals surface area contributed by atoms with E-state index in [-0.39, 0.29) is 11.3 Å². The van der Waals surface area contributed by atoms with Gasteiger partial charge in [0.15, 0.2) is 0 Å². The number of hydrogen-bond acceptors (Lipinski definition) is 2. The molecule has 0 aliphatic carbocycles. The van der Waals surface area contributed by atoms with Gasteiger partial charge in [-0.2, -0.15) is 0 Å². The third-order valence-corrected chi connectivity index (χ3v) is 4.48. The molecule has 0 bridgehead atoms. The van der Waals surface area contributed by atoms with Crippen LogP contribution in [0.2, 0.25) is 0 Å². The molecular formula is C17H22BrNO2. The molecule has 0 radical (unpaired) electrons. The van der Waals surface area contributed by atoms with Crippen molar-refractivity contribution >= 4 is 21.8 Å². The van der Waals surface area contributed by atoms with Crippen LogP contribution in [-0.2, 0) is 0 Å². The number of ether oxygens (including phenoxy) is 1. The molecule has 0 fully saturated rings. The number of hydrogen-bond donors (Lipinski definition) is 0. The van der Waals surface area contributed by atoms with Gasteiger partial charge in [0, 0.05) is 18.7 Å². The second kappa shape index (κ2) is 6.22. The number of nitrogens with zero attached hydrogens (tertiary/aromatic N) is 1. The molecule has 0 atom stereocenters. The van der Waals surface area contributed by atoms with E-state index in [4.69, 9.17) is 4.74 Å². The molecule has 3 nitrogen and oxygen atoms in total. The van der Waals surface area contributed by atoms with Gasteiger partial charge in [-0.3, -0.25) is 4.79 Å². The number of rotatable bonds is 2. The lowest BCUT2D eigenvalue weighted by atomic mass is 9.83. The minimum atomic E-state index is 0.0718. The highest BCUT2D eigenvalue weighted by Crippen LogP contribution is 2.31. The van der Waals surface area contributed by atoms with Crippen LogP contribution in [0.25, 0.3) is 0 Å². The van der Waals surface area contributed by atoms with E-state index in [0.717, 1.165) is 23.2 Å². The van der Waals surface area contributed by atoms with E-state index in [1.54, 1.807) is 7.11 Å². The maximum absolute atomic E-state index is 12.5. The Bertz CT molecular complexity index is 573. The van der Waals surface area contributed by atoms with Gasteiger partial charge in [-0.05, 0) is 46.0 Å². The first-order valence-electron chi connectivity index (χ1n) is 7.15. The van der Waals surface area contributed by atoms with Gasteiger partial charge in [0.2, 0.25) is 0 Å². The fourth-order valence-electron chi connectivity index (χ4n) is 2.52. The van der Waals surface area contributed by atoms with Crippen LogP contribution in [0.1, 0.15) is 37.6 Å². The maximum atomic E-state index is 12.5. The van der Waals surface area contributed by atoms with E-state index in [1.807, 2.05) is 23.1 Å². The highest BCUT2D eigenvalue weighted by Gasteiger charge is 2.24. The van der Waals surface area contributed by atoms with Gasteiger partial charge >= 0.3 is 0 Å². The van der Waals surface area contributed by atoms with Crippen LogP contribution in [0.15, 0.2) is 34.3 Å². The van der Waals surface area contributed by atoms with E-state index in [9.17, 15) is 4.79 Å². The zero-order chi connectivity index (χ0) is 15.6. The van der Waals surface area contributed by atoms with Gasteiger partial charge in [0.05, 0.1) is 11.6 Å². The van der Waals surface area contributed by atoms with Gasteiger partial charge < -0.3 is 9.64 Å². The van der Waals surface area contributed by atoms with Crippen LogP contribution in [0.3, 0.4) is 0 Å². The molecule has 1 aromatic carbocycles. The number of amides is 1. The summed E-state index contributed by atoms with van der Waals surface area (Å²) in [6.07, 6.45) is 3.15. The number of benzene rings is 1. The van der Waals surface area contributed by atoms with Gasteiger partial charge in [-0.1, -0.05) is 32.4 Å². The third-order valence-electron chi connectivity index (χ3n) is 3.86. The summed E-state index contributed by atoms with van der Waals surface area (Å²) < 4.78 is 6.00. The fraction of sp³-hybridized carbons (Fsp3) is 0.471. The quantitative estimate of drug-likeness (QED) is 0.744. The molecule has 1 aliphatic rings. The summed E-state index contributed by atoms with van der Waals surface area (Å²) in [4.78, 5) is 14.4. The second-order valence-electron chi connectivity index (χ2n) is 6.33. The zero-order valence-electron chi connectivity index (χ0n) is 13.1. The van der Waals surface area contributed by atoms with Crippen molar-refractivity contribution in [3.8, 4) is 5.75 Å². The van der Waals surface area contributed by atoms with E-state index >= 15 is 0 Å². The summed E-state index contributed by atoms with van der Waals surface area (Å²) in [5.41, 5.74) is 2.32. The number of methoxy groups -OCH3 is 1. The van der Waals surface area contributed by atoms with Gasteiger partial charge in [-0.15, -0.1) is 0 Å². The molecule has 2 rings (SSSR count). The molecule has 21 heavy (non-hydrogen) atoms. The highest BCUT2D eigenvalue weighted by molar-refractivity contribution is 9.10. The summed E-state index contributed by atoms with van der Waals surface area (Å²) in [6.45, 7) is 8.13. The van der Waals surface area contributed by atoms with E-state index < -0.39 is 0 Å². The third kappa shape index (κ3) is 3.67. The topological polar surface area (TPSA) is 29.5 Å². The van der Waals surface area contributed by atoms with Gasteiger partial charge in [0.1, 0.15) is 5.75 Å². The summed E-state index contributed by atoms with van der Waals surface area (Å²) in [6, 6.07) is 5.46. The van der Waals surface area contributed by atoms with Crippen molar-refractivity contribution in [2.75, 3.05) is 20.2 Å².